The summed E-state index contributed by atoms with van der Waals surface area (Å²) in [6, 6.07) is 1.76. The maximum atomic E-state index is 12.8. The Bertz CT molecular complexity index is 716. The van der Waals surface area contributed by atoms with Gasteiger partial charge in [-0.2, -0.15) is 13.2 Å². The van der Waals surface area contributed by atoms with Gasteiger partial charge >= 0.3 is 12.1 Å². The second-order valence-electron chi connectivity index (χ2n) is 6.80. The first kappa shape index (κ1) is 20.7. The maximum absolute atomic E-state index is 12.8. The van der Waals surface area contributed by atoms with E-state index in [9.17, 15) is 32.7 Å². The molecule has 1 fully saturated rings. The smallest absolute Gasteiger partial charge is 0.416 e. The minimum absolute atomic E-state index is 0.0161. The third-order valence-corrected chi connectivity index (χ3v) is 4.51. The van der Waals surface area contributed by atoms with Crippen LogP contribution < -0.4 is 5.32 Å². The molecule has 0 bridgehead atoms. The fourth-order valence-corrected chi connectivity index (χ4v) is 3.01. The molecule has 27 heavy (non-hydrogen) atoms. The molecule has 2 rings (SSSR count). The van der Waals surface area contributed by atoms with E-state index in [4.69, 9.17) is 0 Å². The Balaban J connectivity index is 2.14. The largest absolute Gasteiger partial charge is 0.480 e. The molecule has 0 aromatic heterocycles. The lowest BCUT2D eigenvalue weighted by atomic mass is 10.0. The van der Waals surface area contributed by atoms with Crippen LogP contribution in [-0.4, -0.2) is 46.4 Å². The Morgan fingerprint density at radius 2 is 1.78 bits per heavy atom. The summed E-state index contributed by atoms with van der Waals surface area (Å²) in [6.07, 6.45) is -3.61. The van der Waals surface area contributed by atoms with Crippen molar-refractivity contribution in [1.82, 2.24) is 10.2 Å². The van der Waals surface area contributed by atoms with Crippen molar-refractivity contribution in [2.75, 3.05) is 6.54 Å². The summed E-state index contributed by atoms with van der Waals surface area (Å²) in [5.74, 6) is -2.62. The molecule has 1 aliphatic heterocycles. The van der Waals surface area contributed by atoms with Crippen LogP contribution in [0.5, 0.6) is 0 Å². The molecule has 0 saturated carbocycles. The van der Waals surface area contributed by atoms with Gasteiger partial charge in [-0.3, -0.25) is 9.59 Å². The van der Waals surface area contributed by atoms with Crippen LogP contribution >= 0.6 is 0 Å². The Hall–Kier alpha value is -2.58. The summed E-state index contributed by atoms with van der Waals surface area (Å²) in [4.78, 5) is 37.7. The average Bonchev–Trinajstić information content (AvgIpc) is 3.08. The van der Waals surface area contributed by atoms with Gasteiger partial charge in [0.05, 0.1) is 5.56 Å². The summed E-state index contributed by atoms with van der Waals surface area (Å²) in [7, 11) is 0. The van der Waals surface area contributed by atoms with Crippen molar-refractivity contribution < 1.29 is 32.7 Å². The number of nitrogens with one attached hydrogen (secondary N) is 1. The third kappa shape index (κ3) is 4.78. The van der Waals surface area contributed by atoms with E-state index in [1.807, 2.05) is 0 Å². The predicted molar refractivity (Wildman–Crippen MR) is 89.9 cm³/mol. The minimum Gasteiger partial charge on any atom is -0.480 e. The molecule has 1 aliphatic rings. The molecule has 9 heteroatoms. The number of carbonyl (C=O) groups is 3. The molecule has 0 aliphatic carbocycles. The molecule has 2 amide bonds. The van der Waals surface area contributed by atoms with Gasteiger partial charge in [0.2, 0.25) is 5.91 Å². The molecule has 1 unspecified atom stereocenters. The summed E-state index contributed by atoms with van der Waals surface area (Å²) >= 11 is 0. The van der Waals surface area contributed by atoms with Crippen molar-refractivity contribution in [3.8, 4) is 0 Å². The SMILES string of the molecule is CC(C)C(NC(=O)c1ccc(C(F)(F)F)cc1)C(=O)N1CCC[C@H]1C(=O)O. The van der Waals surface area contributed by atoms with Gasteiger partial charge in [0.15, 0.2) is 0 Å². The van der Waals surface area contributed by atoms with Crippen molar-refractivity contribution in [1.29, 1.82) is 0 Å². The molecule has 1 heterocycles. The van der Waals surface area contributed by atoms with Crippen molar-refractivity contribution in [3.05, 3.63) is 35.4 Å². The zero-order chi connectivity index (χ0) is 20.4. The molecular weight excluding hydrogens is 365 g/mol. The van der Waals surface area contributed by atoms with Crippen molar-refractivity contribution >= 4 is 17.8 Å². The fourth-order valence-electron chi connectivity index (χ4n) is 3.01. The lowest BCUT2D eigenvalue weighted by Crippen LogP contribution is -2.53. The number of likely N-dealkylation sites (tertiary alicyclic amines) is 1. The van der Waals surface area contributed by atoms with E-state index in [2.05, 4.69) is 5.32 Å². The first-order valence-electron chi connectivity index (χ1n) is 8.53. The molecule has 2 atom stereocenters. The first-order chi connectivity index (χ1) is 12.5. The van der Waals surface area contributed by atoms with Gasteiger partial charge in [-0.05, 0) is 43.0 Å². The van der Waals surface area contributed by atoms with Gasteiger partial charge in [-0.25, -0.2) is 4.79 Å². The lowest BCUT2D eigenvalue weighted by molar-refractivity contribution is -0.149. The number of benzene rings is 1. The number of amides is 2. The summed E-state index contributed by atoms with van der Waals surface area (Å²) in [6.45, 7) is 3.68. The summed E-state index contributed by atoms with van der Waals surface area (Å²) in [5, 5.41) is 11.8. The minimum atomic E-state index is -4.51. The van der Waals surface area contributed by atoms with Crippen LogP contribution in [-0.2, 0) is 15.8 Å². The molecule has 2 N–H and O–H groups in total. The molecule has 6 nitrogen and oxygen atoms in total. The van der Waals surface area contributed by atoms with Crippen molar-refractivity contribution in [2.45, 2.75) is 44.9 Å². The predicted octanol–water partition coefficient (Wildman–Crippen LogP) is 2.54. The van der Waals surface area contributed by atoms with Gasteiger partial charge in [-0.1, -0.05) is 13.8 Å². The number of hydrogen-bond donors (Lipinski definition) is 2. The number of aliphatic carboxylic acids is 1. The van der Waals surface area contributed by atoms with Gasteiger partial charge in [0.25, 0.3) is 5.91 Å². The number of hydrogen-bond acceptors (Lipinski definition) is 3. The van der Waals surface area contributed by atoms with E-state index in [1.54, 1.807) is 13.8 Å². The number of alkyl halides is 3. The second-order valence-corrected chi connectivity index (χ2v) is 6.80. The molecule has 148 valence electrons. The number of rotatable bonds is 5. The van der Waals surface area contributed by atoms with Crippen LogP contribution in [0.1, 0.15) is 42.6 Å². The highest BCUT2D eigenvalue weighted by molar-refractivity contribution is 5.98. The third-order valence-electron chi connectivity index (χ3n) is 4.51. The number of carbonyl (C=O) groups excluding carboxylic acids is 2. The molecular formula is C18H21F3N2O4. The molecule has 1 aromatic rings. The van der Waals surface area contributed by atoms with Gasteiger partial charge in [0.1, 0.15) is 12.1 Å². The van der Waals surface area contributed by atoms with Crippen molar-refractivity contribution in [3.63, 3.8) is 0 Å². The first-order valence-corrected chi connectivity index (χ1v) is 8.53. The maximum Gasteiger partial charge on any atom is 0.416 e. The molecule has 0 radical (unpaired) electrons. The van der Waals surface area contributed by atoms with Gasteiger partial charge < -0.3 is 15.3 Å². The second kappa shape index (κ2) is 7.98. The van der Waals surface area contributed by atoms with Crippen molar-refractivity contribution in [2.24, 2.45) is 5.92 Å². The molecule has 0 spiro atoms. The zero-order valence-corrected chi connectivity index (χ0v) is 14.9. The Kier molecular flexibility index (Phi) is 6.12. The monoisotopic (exact) mass is 386 g/mol. The fraction of sp³-hybridized carbons (Fsp3) is 0.500. The van der Waals surface area contributed by atoms with Crippen LogP contribution in [0, 0.1) is 5.92 Å². The average molecular weight is 386 g/mol. The highest BCUT2D eigenvalue weighted by Gasteiger charge is 2.38. The number of nitrogens with zero attached hydrogens (tertiary/aromatic N) is 1. The standard InChI is InChI=1S/C18H21F3N2O4/c1-10(2)14(16(25)23-9-3-4-13(23)17(26)27)22-15(24)11-5-7-12(8-6-11)18(19,20)21/h5-8,10,13-14H,3-4,9H2,1-2H3,(H,22,24)(H,26,27)/t13-,14?/m0/s1. The topological polar surface area (TPSA) is 86.7 Å². The Morgan fingerprint density at radius 3 is 2.26 bits per heavy atom. The normalized spacial score (nSPS) is 18.4. The van der Waals surface area contributed by atoms with Gasteiger partial charge in [-0.15, -0.1) is 0 Å². The number of carboxylic acid groups (broad SMARTS) is 1. The van der Waals surface area contributed by atoms with E-state index in [1.165, 1.54) is 4.90 Å². The Morgan fingerprint density at radius 1 is 1.19 bits per heavy atom. The highest BCUT2D eigenvalue weighted by atomic mass is 19.4. The van der Waals surface area contributed by atoms with Crippen LogP contribution in [0.3, 0.4) is 0 Å². The van der Waals surface area contributed by atoms with Crippen LogP contribution in [0.25, 0.3) is 0 Å². The number of halogens is 3. The van der Waals surface area contributed by atoms with Crippen LogP contribution in [0.2, 0.25) is 0 Å². The quantitative estimate of drug-likeness (QED) is 0.814. The van der Waals surface area contributed by atoms with Gasteiger partial charge in [0, 0.05) is 12.1 Å². The van der Waals surface area contributed by atoms with E-state index >= 15 is 0 Å². The van der Waals surface area contributed by atoms with Crippen LogP contribution in [0.4, 0.5) is 13.2 Å². The summed E-state index contributed by atoms with van der Waals surface area (Å²) < 4.78 is 37.9. The van der Waals surface area contributed by atoms with E-state index in [0.717, 1.165) is 24.3 Å². The lowest BCUT2D eigenvalue weighted by Gasteiger charge is -2.29. The Labute approximate surface area is 154 Å². The zero-order valence-electron chi connectivity index (χ0n) is 14.9. The van der Waals surface area contributed by atoms with E-state index in [0.29, 0.717) is 12.8 Å². The summed E-state index contributed by atoms with van der Waals surface area (Å²) in [5.41, 5.74) is -0.894. The van der Waals surface area contributed by atoms with Crippen LogP contribution in [0.15, 0.2) is 24.3 Å². The number of carboxylic acids is 1. The van der Waals surface area contributed by atoms with E-state index in [-0.39, 0.29) is 18.0 Å². The highest BCUT2D eigenvalue weighted by Crippen LogP contribution is 2.29. The van der Waals surface area contributed by atoms with E-state index < -0.39 is 41.6 Å². The molecule has 1 aromatic carbocycles. The molecule has 1 saturated heterocycles.